The number of aryl methyl sites for hydroxylation is 1. The molecule has 4 rings (SSSR count). The first-order chi connectivity index (χ1) is 14.0. The Bertz CT molecular complexity index is 1220. The van der Waals surface area contributed by atoms with Gasteiger partial charge in [-0.05, 0) is 25.0 Å². The van der Waals surface area contributed by atoms with Gasteiger partial charge in [-0.1, -0.05) is 60.2 Å². The molecule has 4 aromatic rings. The normalized spacial score (nSPS) is 11.1. The van der Waals surface area contributed by atoms with Crippen LogP contribution in [0.2, 0.25) is 0 Å². The quantitative estimate of drug-likeness (QED) is 0.493. The maximum Gasteiger partial charge on any atom is 0.303 e. The first kappa shape index (κ1) is 19.1. The molecule has 2 aromatic heterocycles. The number of hydrogen-bond donors (Lipinski definition) is 1. The minimum absolute atomic E-state index is 0.0106. The van der Waals surface area contributed by atoms with Crippen molar-refractivity contribution < 1.29 is 9.90 Å². The fourth-order valence-electron chi connectivity index (χ4n) is 3.28. The van der Waals surface area contributed by atoms with Crippen LogP contribution in [0.4, 0.5) is 0 Å². The molecular weight excluding hydrogens is 384 g/mol. The predicted molar refractivity (Wildman–Crippen MR) is 116 cm³/mol. The van der Waals surface area contributed by atoms with Crippen LogP contribution in [-0.4, -0.2) is 20.6 Å². The number of thiophene rings is 1. The third-order valence-corrected chi connectivity index (χ3v) is 5.87. The zero-order chi connectivity index (χ0) is 20.4. The molecule has 0 saturated heterocycles. The Morgan fingerprint density at radius 1 is 1.07 bits per heavy atom. The molecule has 0 saturated carbocycles. The molecule has 0 radical (unpaired) electrons. The molecule has 0 fully saturated rings. The highest BCUT2D eigenvalue weighted by molar-refractivity contribution is 7.21. The topological polar surface area (TPSA) is 72.2 Å². The SMILES string of the molecule is Cc1ccc(-c2nc3sc(-c4ccccc4)cc3c(=O)n2CCCC(=O)O)cc1. The van der Waals surface area contributed by atoms with Crippen molar-refractivity contribution in [2.75, 3.05) is 0 Å². The summed E-state index contributed by atoms with van der Waals surface area (Å²) in [4.78, 5) is 30.7. The molecule has 1 N–H and O–H groups in total. The highest BCUT2D eigenvalue weighted by atomic mass is 32.1. The Hall–Kier alpha value is -3.25. The molecule has 0 aliphatic rings. The Balaban J connectivity index is 1.87. The molecule has 0 bridgehead atoms. The van der Waals surface area contributed by atoms with Gasteiger partial charge in [0.25, 0.3) is 5.56 Å². The van der Waals surface area contributed by atoms with E-state index in [1.807, 2.05) is 67.6 Å². The van der Waals surface area contributed by atoms with E-state index in [2.05, 4.69) is 0 Å². The molecule has 0 amide bonds. The van der Waals surface area contributed by atoms with Gasteiger partial charge in [0.05, 0.1) is 5.39 Å². The molecule has 0 spiro atoms. The summed E-state index contributed by atoms with van der Waals surface area (Å²) in [5.74, 6) is -0.291. The van der Waals surface area contributed by atoms with Crippen molar-refractivity contribution >= 4 is 27.5 Å². The molecular formula is C23H20N2O3S. The molecule has 5 nitrogen and oxygen atoms in total. The Morgan fingerprint density at radius 2 is 1.79 bits per heavy atom. The van der Waals surface area contributed by atoms with Crippen LogP contribution in [0.5, 0.6) is 0 Å². The van der Waals surface area contributed by atoms with Gasteiger partial charge in [0.15, 0.2) is 0 Å². The standard InChI is InChI=1S/C23H20N2O3S/c1-15-9-11-17(12-10-15)21-24-22-18(23(28)25(21)13-5-8-20(26)27)14-19(29-22)16-6-3-2-4-7-16/h2-4,6-7,9-12,14H,5,8,13H2,1H3,(H,26,27). The fourth-order valence-corrected chi connectivity index (χ4v) is 4.31. The number of carbonyl (C=O) groups is 1. The first-order valence-corrected chi connectivity index (χ1v) is 10.2. The van der Waals surface area contributed by atoms with E-state index in [0.717, 1.165) is 21.6 Å². The summed E-state index contributed by atoms with van der Waals surface area (Å²) in [7, 11) is 0. The minimum Gasteiger partial charge on any atom is -0.481 e. The predicted octanol–water partition coefficient (Wildman–Crippen LogP) is 4.97. The van der Waals surface area contributed by atoms with Crippen LogP contribution in [0.1, 0.15) is 18.4 Å². The molecule has 0 unspecified atom stereocenters. The van der Waals surface area contributed by atoms with Crippen molar-refractivity contribution in [1.29, 1.82) is 0 Å². The van der Waals surface area contributed by atoms with E-state index >= 15 is 0 Å². The zero-order valence-corrected chi connectivity index (χ0v) is 16.8. The number of fused-ring (bicyclic) bond motifs is 1. The lowest BCUT2D eigenvalue weighted by Crippen LogP contribution is -2.23. The van der Waals surface area contributed by atoms with Gasteiger partial charge in [-0.15, -0.1) is 11.3 Å². The van der Waals surface area contributed by atoms with Crippen molar-refractivity contribution in [2.24, 2.45) is 0 Å². The summed E-state index contributed by atoms with van der Waals surface area (Å²) in [5, 5.41) is 9.55. The van der Waals surface area contributed by atoms with Crippen LogP contribution in [0.15, 0.2) is 65.5 Å². The van der Waals surface area contributed by atoms with E-state index in [4.69, 9.17) is 10.1 Å². The summed E-state index contributed by atoms with van der Waals surface area (Å²) in [6.07, 6.45) is 0.383. The number of carboxylic acids is 1. The minimum atomic E-state index is -0.870. The molecule has 0 atom stereocenters. The van der Waals surface area contributed by atoms with Crippen LogP contribution in [-0.2, 0) is 11.3 Å². The van der Waals surface area contributed by atoms with Gasteiger partial charge >= 0.3 is 5.97 Å². The number of aromatic nitrogens is 2. The average Bonchev–Trinajstić information content (AvgIpc) is 3.15. The van der Waals surface area contributed by atoms with Crippen LogP contribution in [0.3, 0.4) is 0 Å². The van der Waals surface area contributed by atoms with Gasteiger partial charge in [0.1, 0.15) is 10.7 Å². The zero-order valence-electron chi connectivity index (χ0n) is 16.0. The molecule has 2 heterocycles. The lowest BCUT2D eigenvalue weighted by Gasteiger charge is -2.12. The second-order valence-electron chi connectivity index (χ2n) is 6.95. The fraction of sp³-hybridized carbons (Fsp3) is 0.174. The van der Waals surface area contributed by atoms with Crippen LogP contribution < -0.4 is 5.56 Å². The summed E-state index contributed by atoms with van der Waals surface area (Å²) < 4.78 is 1.61. The number of rotatable bonds is 6. The largest absolute Gasteiger partial charge is 0.481 e. The maximum absolute atomic E-state index is 13.3. The number of nitrogens with zero attached hydrogens (tertiary/aromatic N) is 2. The second-order valence-corrected chi connectivity index (χ2v) is 7.98. The smallest absolute Gasteiger partial charge is 0.303 e. The van der Waals surface area contributed by atoms with Crippen molar-refractivity contribution in [2.45, 2.75) is 26.3 Å². The molecule has 2 aromatic carbocycles. The van der Waals surface area contributed by atoms with Crippen LogP contribution in [0.25, 0.3) is 32.0 Å². The Kier molecular flexibility index (Phi) is 5.27. The van der Waals surface area contributed by atoms with Crippen molar-refractivity contribution in [3.05, 3.63) is 76.6 Å². The van der Waals surface area contributed by atoms with Crippen molar-refractivity contribution in [3.63, 3.8) is 0 Å². The highest BCUT2D eigenvalue weighted by Crippen LogP contribution is 2.32. The average molecular weight is 404 g/mol. The second kappa shape index (κ2) is 8.01. The van der Waals surface area contributed by atoms with E-state index in [1.54, 1.807) is 4.57 Å². The lowest BCUT2D eigenvalue weighted by molar-refractivity contribution is -0.137. The van der Waals surface area contributed by atoms with E-state index in [9.17, 15) is 9.59 Å². The van der Waals surface area contributed by atoms with Gasteiger partial charge in [-0.3, -0.25) is 14.2 Å². The number of aliphatic carboxylic acids is 1. The monoisotopic (exact) mass is 404 g/mol. The maximum atomic E-state index is 13.3. The summed E-state index contributed by atoms with van der Waals surface area (Å²) in [6.45, 7) is 2.32. The van der Waals surface area contributed by atoms with Crippen LogP contribution >= 0.6 is 11.3 Å². The van der Waals surface area contributed by atoms with Gasteiger partial charge in [-0.25, -0.2) is 4.98 Å². The molecule has 6 heteroatoms. The summed E-state index contributed by atoms with van der Waals surface area (Å²) in [5.41, 5.74) is 2.88. The molecule has 146 valence electrons. The van der Waals surface area contributed by atoms with Gasteiger partial charge in [0.2, 0.25) is 0 Å². The third kappa shape index (κ3) is 3.98. The lowest BCUT2D eigenvalue weighted by atomic mass is 10.1. The molecule has 0 aliphatic heterocycles. The van der Waals surface area contributed by atoms with E-state index in [0.29, 0.717) is 29.0 Å². The number of hydrogen-bond acceptors (Lipinski definition) is 4. The van der Waals surface area contributed by atoms with E-state index in [-0.39, 0.29) is 12.0 Å². The summed E-state index contributed by atoms with van der Waals surface area (Å²) >= 11 is 1.50. The van der Waals surface area contributed by atoms with Crippen molar-refractivity contribution in [3.8, 4) is 21.8 Å². The summed E-state index contributed by atoms with van der Waals surface area (Å²) in [6, 6.07) is 19.7. The third-order valence-electron chi connectivity index (χ3n) is 4.79. The van der Waals surface area contributed by atoms with E-state index in [1.165, 1.54) is 11.3 Å². The van der Waals surface area contributed by atoms with Crippen LogP contribution in [0, 0.1) is 6.92 Å². The van der Waals surface area contributed by atoms with E-state index < -0.39 is 5.97 Å². The van der Waals surface area contributed by atoms with Gasteiger partial charge in [0, 0.05) is 23.4 Å². The molecule has 0 aliphatic carbocycles. The van der Waals surface area contributed by atoms with Gasteiger partial charge in [-0.2, -0.15) is 0 Å². The number of carboxylic acid groups (broad SMARTS) is 1. The molecule has 29 heavy (non-hydrogen) atoms. The highest BCUT2D eigenvalue weighted by Gasteiger charge is 2.16. The number of benzene rings is 2. The van der Waals surface area contributed by atoms with Crippen molar-refractivity contribution in [1.82, 2.24) is 9.55 Å². The Labute approximate surface area is 171 Å². The van der Waals surface area contributed by atoms with Gasteiger partial charge < -0.3 is 5.11 Å². The first-order valence-electron chi connectivity index (χ1n) is 9.41. The Morgan fingerprint density at radius 3 is 2.48 bits per heavy atom.